The van der Waals surface area contributed by atoms with Crippen LogP contribution >= 0.6 is 0 Å². The Hall–Kier alpha value is -2.69. The van der Waals surface area contributed by atoms with Gasteiger partial charge in [-0.1, -0.05) is 24.3 Å². The first kappa shape index (κ1) is 16.2. The monoisotopic (exact) mass is 323 g/mol. The molecule has 24 heavy (non-hydrogen) atoms. The molecule has 2 amide bonds. The maximum Gasteiger partial charge on any atom is 0.246 e. The van der Waals surface area contributed by atoms with E-state index in [4.69, 9.17) is 0 Å². The second-order valence-electron chi connectivity index (χ2n) is 6.00. The van der Waals surface area contributed by atoms with Gasteiger partial charge in [-0.3, -0.25) is 14.6 Å². The van der Waals surface area contributed by atoms with Crippen molar-refractivity contribution < 1.29 is 9.59 Å². The molecule has 1 fully saturated rings. The number of rotatable bonds is 4. The summed E-state index contributed by atoms with van der Waals surface area (Å²) in [5, 5.41) is 0. The number of hydrogen-bond donors (Lipinski definition) is 0. The molecular weight excluding hydrogens is 302 g/mol. The van der Waals surface area contributed by atoms with Crippen molar-refractivity contribution in [1.29, 1.82) is 0 Å². The third kappa shape index (κ3) is 3.62. The molecule has 0 spiro atoms. The molecule has 1 aromatic heterocycles. The number of amides is 2. The lowest BCUT2D eigenvalue weighted by Gasteiger charge is -2.34. The number of benzene rings is 1. The Labute approximate surface area is 141 Å². The van der Waals surface area contributed by atoms with Gasteiger partial charge in [0.05, 0.1) is 11.9 Å². The fraction of sp³-hybridized carbons (Fsp3) is 0.316. The van der Waals surface area contributed by atoms with E-state index in [1.807, 2.05) is 30.3 Å². The molecule has 1 aromatic carbocycles. The van der Waals surface area contributed by atoms with Crippen LogP contribution in [0.3, 0.4) is 0 Å². The molecule has 1 saturated heterocycles. The number of aryl methyl sites for hydroxylation is 2. The highest BCUT2D eigenvalue weighted by atomic mass is 16.2. The Balaban J connectivity index is 1.56. The summed E-state index contributed by atoms with van der Waals surface area (Å²) in [4.78, 5) is 32.2. The standard InChI is InChI=1S/C19H21N3O2/c1-15-5-2-3-6-16(15)8-9-18(23)21-11-12-22(19(24)14-21)17-7-4-10-20-13-17/h2-7,10,13H,8-9,11-12,14H2,1H3. The normalized spacial score (nSPS) is 14.8. The number of piperazine rings is 1. The van der Waals surface area contributed by atoms with Crippen LogP contribution in [0, 0.1) is 6.92 Å². The summed E-state index contributed by atoms with van der Waals surface area (Å²) in [7, 11) is 0. The predicted molar refractivity (Wildman–Crippen MR) is 92.7 cm³/mol. The van der Waals surface area contributed by atoms with Gasteiger partial charge >= 0.3 is 0 Å². The molecular formula is C19H21N3O2. The highest BCUT2D eigenvalue weighted by molar-refractivity contribution is 5.97. The number of nitrogens with zero attached hydrogens (tertiary/aromatic N) is 3. The zero-order valence-corrected chi connectivity index (χ0v) is 13.8. The van der Waals surface area contributed by atoms with Gasteiger partial charge in [-0.15, -0.1) is 0 Å². The molecule has 0 atom stereocenters. The minimum atomic E-state index is -0.0570. The molecule has 0 bridgehead atoms. The molecule has 1 aliphatic heterocycles. The number of hydrogen-bond acceptors (Lipinski definition) is 3. The van der Waals surface area contributed by atoms with Crippen molar-refractivity contribution in [2.24, 2.45) is 0 Å². The summed E-state index contributed by atoms with van der Waals surface area (Å²) in [6.07, 6.45) is 4.50. The molecule has 3 rings (SSSR count). The van der Waals surface area contributed by atoms with Crippen molar-refractivity contribution in [2.75, 3.05) is 24.5 Å². The first-order valence-electron chi connectivity index (χ1n) is 8.18. The van der Waals surface area contributed by atoms with Crippen LogP contribution in [0.1, 0.15) is 17.5 Å². The van der Waals surface area contributed by atoms with Crippen LogP contribution in [0.25, 0.3) is 0 Å². The Bertz CT molecular complexity index is 730. The van der Waals surface area contributed by atoms with Crippen molar-refractivity contribution in [3.05, 3.63) is 59.9 Å². The van der Waals surface area contributed by atoms with Crippen LogP contribution in [0.4, 0.5) is 5.69 Å². The number of pyridine rings is 1. The zero-order chi connectivity index (χ0) is 16.9. The van der Waals surface area contributed by atoms with E-state index in [9.17, 15) is 9.59 Å². The molecule has 0 aliphatic carbocycles. The van der Waals surface area contributed by atoms with Crippen LogP contribution < -0.4 is 4.90 Å². The summed E-state index contributed by atoms with van der Waals surface area (Å²) in [6.45, 7) is 3.27. The molecule has 0 N–H and O–H groups in total. The topological polar surface area (TPSA) is 53.5 Å². The van der Waals surface area contributed by atoms with Gasteiger partial charge in [-0.2, -0.15) is 0 Å². The largest absolute Gasteiger partial charge is 0.332 e. The van der Waals surface area contributed by atoms with E-state index in [0.29, 0.717) is 25.9 Å². The molecule has 2 aromatic rings. The summed E-state index contributed by atoms with van der Waals surface area (Å²) < 4.78 is 0. The highest BCUT2D eigenvalue weighted by Gasteiger charge is 2.27. The van der Waals surface area contributed by atoms with Gasteiger partial charge in [0.15, 0.2) is 0 Å². The Morgan fingerprint density at radius 3 is 2.71 bits per heavy atom. The van der Waals surface area contributed by atoms with Crippen LogP contribution in [-0.2, 0) is 16.0 Å². The minimum absolute atomic E-state index is 0.0393. The SMILES string of the molecule is Cc1ccccc1CCC(=O)N1CCN(c2cccnc2)C(=O)C1. The molecule has 5 nitrogen and oxygen atoms in total. The van der Waals surface area contributed by atoms with E-state index >= 15 is 0 Å². The van der Waals surface area contributed by atoms with Crippen molar-refractivity contribution in [2.45, 2.75) is 19.8 Å². The predicted octanol–water partition coefficient (Wildman–Crippen LogP) is 2.20. The summed E-state index contributed by atoms with van der Waals surface area (Å²) >= 11 is 0. The molecule has 0 saturated carbocycles. The molecule has 0 unspecified atom stereocenters. The summed E-state index contributed by atoms with van der Waals surface area (Å²) in [5.74, 6) is -0.0177. The maximum atomic E-state index is 12.4. The smallest absolute Gasteiger partial charge is 0.246 e. The third-order valence-corrected chi connectivity index (χ3v) is 4.40. The zero-order valence-electron chi connectivity index (χ0n) is 13.8. The first-order chi connectivity index (χ1) is 11.6. The lowest BCUT2D eigenvalue weighted by Crippen LogP contribution is -2.52. The van der Waals surface area contributed by atoms with Crippen molar-refractivity contribution in [1.82, 2.24) is 9.88 Å². The fourth-order valence-electron chi connectivity index (χ4n) is 2.96. The Morgan fingerprint density at radius 2 is 2.00 bits per heavy atom. The second-order valence-corrected chi connectivity index (χ2v) is 6.00. The number of aromatic nitrogens is 1. The van der Waals surface area contributed by atoms with Gasteiger partial charge < -0.3 is 9.80 Å². The van der Waals surface area contributed by atoms with Crippen LogP contribution in [-0.4, -0.2) is 41.3 Å². The Kier molecular flexibility index (Phi) is 4.89. The lowest BCUT2D eigenvalue weighted by atomic mass is 10.0. The van der Waals surface area contributed by atoms with Gasteiger partial charge in [0.1, 0.15) is 6.54 Å². The third-order valence-electron chi connectivity index (χ3n) is 4.40. The van der Waals surface area contributed by atoms with Crippen LogP contribution in [0.2, 0.25) is 0 Å². The lowest BCUT2D eigenvalue weighted by molar-refractivity contribution is -0.136. The highest BCUT2D eigenvalue weighted by Crippen LogP contribution is 2.17. The molecule has 5 heteroatoms. The van der Waals surface area contributed by atoms with Crippen molar-refractivity contribution in [3.63, 3.8) is 0 Å². The molecule has 1 aliphatic rings. The van der Waals surface area contributed by atoms with Gasteiger partial charge in [-0.25, -0.2) is 0 Å². The van der Waals surface area contributed by atoms with E-state index < -0.39 is 0 Å². The van der Waals surface area contributed by atoms with Gasteiger partial charge in [-0.05, 0) is 36.6 Å². The number of anilines is 1. The summed E-state index contributed by atoms with van der Waals surface area (Å²) in [5.41, 5.74) is 3.17. The first-order valence-corrected chi connectivity index (χ1v) is 8.18. The maximum absolute atomic E-state index is 12.4. The average Bonchev–Trinajstić information content (AvgIpc) is 2.61. The fourth-order valence-corrected chi connectivity index (χ4v) is 2.96. The number of carbonyl (C=O) groups excluding carboxylic acids is 2. The second kappa shape index (κ2) is 7.25. The van der Waals surface area contributed by atoms with Crippen molar-refractivity contribution >= 4 is 17.5 Å². The molecule has 124 valence electrons. The van der Waals surface area contributed by atoms with E-state index in [1.165, 1.54) is 11.1 Å². The Morgan fingerprint density at radius 1 is 1.17 bits per heavy atom. The van der Waals surface area contributed by atoms with E-state index in [2.05, 4.69) is 18.0 Å². The van der Waals surface area contributed by atoms with E-state index in [0.717, 1.165) is 5.69 Å². The van der Waals surface area contributed by atoms with Crippen molar-refractivity contribution in [3.8, 4) is 0 Å². The van der Waals surface area contributed by atoms with Crippen LogP contribution in [0.5, 0.6) is 0 Å². The van der Waals surface area contributed by atoms with Gasteiger partial charge in [0.2, 0.25) is 11.8 Å². The average molecular weight is 323 g/mol. The van der Waals surface area contributed by atoms with E-state index in [-0.39, 0.29) is 18.4 Å². The molecule has 2 heterocycles. The quantitative estimate of drug-likeness (QED) is 0.867. The molecule has 0 radical (unpaired) electrons. The number of carbonyl (C=O) groups is 2. The van der Waals surface area contributed by atoms with Gasteiger partial charge in [0, 0.05) is 25.7 Å². The minimum Gasteiger partial charge on any atom is -0.332 e. The summed E-state index contributed by atoms with van der Waals surface area (Å²) in [6, 6.07) is 11.8. The van der Waals surface area contributed by atoms with Gasteiger partial charge in [0.25, 0.3) is 0 Å². The van der Waals surface area contributed by atoms with E-state index in [1.54, 1.807) is 22.2 Å². The van der Waals surface area contributed by atoms with Crippen LogP contribution in [0.15, 0.2) is 48.8 Å².